The molecular weight excluding hydrogens is 276 g/mol. The summed E-state index contributed by atoms with van der Waals surface area (Å²) in [6.45, 7) is 5.40. The van der Waals surface area contributed by atoms with E-state index >= 15 is 0 Å². The molecule has 3 aliphatic rings. The largest absolute Gasteiger partial charge is 0.339 e. The van der Waals surface area contributed by atoms with Gasteiger partial charge in [-0.25, -0.2) is 4.98 Å². The maximum absolute atomic E-state index is 12.3. The fourth-order valence-electron chi connectivity index (χ4n) is 4.25. The van der Waals surface area contributed by atoms with Gasteiger partial charge in [-0.05, 0) is 30.6 Å². The van der Waals surface area contributed by atoms with Crippen LogP contribution in [0, 0.1) is 17.8 Å². The molecule has 0 aromatic carbocycles. The first-order valence-corrected chi connectivity index (χ1v) is 8.42. The van der Waals surface area contributed by atoms with Gasteiger partial charge in [-0.1, -0.05) is 12.2 Å². The molecule has 118 valence electrons. The van der Waals surface area contributed by atoms with Crippen LogP contribution in [0.2, 0.25) is 0 Å². The number of amides is 1. The number of allylic oxidation sites excluding steroid dienone is 2. The van der Waals surface area contributed by atoms with Crippen LogP contribution in [-0.4, -0.2) is 58.0 Å². The first-order chi connectivity index (χ1) is 10.8. The minimum atomic E-state index is 0.209. The highest BCUT2D eigenvalue weighted by Crippen LogP contribution is 2.43. The van der Waals surface area contributed by atoms with Gasteiger partial charge in [-0.2, -0.15) is 0 Å². The Kier molecular flexibility index (Phi) is 3.74. The number of aromatic nitrogens is 2. The molecule has 2 aliphatic carbocycles. The van der Waals surface area contributed by atoms with Crippen molar-refractivity contribution < 1.29 is 4.79 Å². The zero-order valence-electron chi connectivity index (χ0n) is 13.0. The van der Waals surface area contributed by atoms with Crippen LogP contribution >= 0.6 is 0 Å². The number of imidazole rings is 1. The van der Waals surface area contributed by atoms with E-state index in [0.29, 0.717) is 6.54 Å². The molecule has 22 heavy (non-hydrogen) atoms. The minimum Gasteiger partial charge on any atom is -0.339 e. The summed E-state index contributed by atoms with van der Waals surface area (Å²) in [5.74, 6) is 2.74. The Bertz CT molecular complexity index is 545. The summed E-state index contributed by atoms with van der Waals surface area (Å²) in [7, 11) is 0. The van der Waals surface area contributed by atoms with Crippen molar-refractivity contribution in [3.8, 4) is 0 Å². The molecule has 3 atom stereocenters. The van der Waals surface area contributed by atoms with Crippen LogP contribution in [0.15, 0.2) is 30.9 Å². The topological polar surface area (TPSA) is 41.4 Å². The summed E-state index contributed by atoms with van der Waals surface area (Å²) >= 11 is 0. The van der Waals surface area contributed by atoms with Gasteiger partial charge in [0.05, 0.1) is 6.33 Å². The van der Waals surface area contributed by atoms with Gasteiger partial charge in [0.15, 0.2) is 0 Å². The molecule has 1 aliphatic heterocycles. The fraction of sp³-hybridized carbons (Fsp3) is 0.647. The van der Waals surface area contributed by atoms with E-state index in [4.69, 9.17) is 0 Å². The lowest BCUT2D eigenvalue weighted by molar-refractivity contribution is -0.133. The smallest absolute Gasteiger partial charge is 0.242 e. The molecular formula is C17H24N4O. The predicted octanol–water partition coefficient (Wildman–Crippen LogP) is 1.24. The molecule has 1 saturated heterocycles. The van der Waals surface area contributed by atoms with E-state index in [1.807, 2.05) is 15.7 Å². The molecule has 2 fully saturated rings. The van der Waals surface area contributed by atoms with E-state index < -0.39 is 0 Å². The molecule has 5 heteroatoms. The highest BCUT2D eigenvalue weighted by Gasteiger charge is 2.36. The summed E-state index contributed by atoms with van der Waals surface area (Å²) in [6.07, 6.45) is 12.9. The van der Waals surface area contributed by atoms with Gasteiger partial charge in [-0.3, -0.25) is 9.69 Å². The van der Waals surface area contributed by atoms with Crippen molar-refractivity contribution in [1.29, 1.82) is 0 Å². The van der Waals surface area contributed by atoms with Crippen molar-refractivity contribution in [1.82, 2.24) is 19.4 Å². The summed E-state index contributed by atoms with van der Waals surface area (Å²) < 4.78 is 1.84. The molecule has 5 nitrogen and oxygen atoms in total. The SMILES string of the molecule is O=C(Cn1ccnc1)N1CCN(CC2C[C@H]3C=C[C@@H]2C3)CC1. The lowest BCUT2D eigenvalue weighted by Crippen LogP contribution is -2.50. The number of fused-ring (bicyclic) bond motifs is 2. The number of hydrogen-bond donors (Lipinski definition) is 0. The number of piperazine rings is 1. The zero-order valence-corrected chi connectivity index (χ0v) is 13.0. The molecule has 1 aromatic rings. The van der Waals surface area contributed by atoms with E-state index in [9.17, 15) is 4.79 Å². The molecule has 2 bridgehead atoms. The molecule has 1 saturated carbocycles. The van der Waals surface area contributed by atoms with E-state index in [0.717, 1.165) is 43.9 Å². The molecule has 2 heterocycles. The Morgan fingerprint density at radius 2 is 2.00 bits per heavy atom. The molecule has 0 spiro atoms. The third kappa shape index (κ3) is 2.82. The Hall–Kier alpha value is -1.62. The maximum Gasteiger partial charge on any atom is 0.242 e. The van der Waals surface area contributed by atoms with Gasteiger partial charge in [0.1, 0.15) is 6.54 Å². The van der Waals surface area contributed by atoms with Crippen molar-refractivity contribution in [2.45, 2.75) is 19.4 Å². The second kappa shape index (κ2) is 5.88. The van der Waals surface area contributed by atoms with Crippen molar-refractivity contribution in [2.75, 3.05) is 32.7 Å². The summed E-state index contributed by atoms with van der Waals surface area (Å²) in [5, 5.41) is 0. The van der Waals surface area contributed by atoms with Crippen LogP contribution in [0.5, 0.6) is 0 Å². The molecule has 1 amide bonds. The van der Waals surface area contributed by atoms with Crippen molar-refractivity contribution in [3.63, 3.8) is 0 Å². The Morgan fingerprint density at radius 3 is 2.64 bits per heavy atom. The van der Waals surface area contributed by atoms with Gasteiger partial charge >= 0.3 is 0 Å². The third-order valence-corrected chi connectivity index (χ3v) is 5.51. The van der Waals surface area contributed by atoms with Gasteiger partial charge in [0, 0.05) is 45.1 Å². The molecule has 1 aromatic heterocycles. The predicted molar refractivity (Wildman–Crippen MR) is 84.1 cm³/mol. The Balaban J connectivity index is 1.24. The average Bonchev–Trinajstić information content (AvgIpc) is 3.25. The molecule has 1 unspecified atom stereocenters. The van der Waals surface area contributed by atoms with E-state index in [1.165, 1.54) is 19.4 Å². The van der Waals surface area contributed by atoms with Gasteiger partial charge < -0.3 is 9.47 Å². The van der Waals surface area contributed by atoms with Gasteiger partial charge in [-0.15, -0.1) is 0 Å². The second-order valence-corrected chi connectivity index (χ2v) is 6.96. The summed E-state index contributed by atoms with van der Waals surface area (Å²) in [5.41, 5.74) is 0. The van der Waals surface area contributed by atoms with E-state index in [2.05, 4.69) is 22.0 Å². The van der Waals surface area contributed by atoms with Crippen molar-refractivity contribution >= 4 is 5.91 Å². The molecule has 0 N–H and O–H groups in total. The second-order valence-electron chi connectivity index (χ2n) is 6.96. The van der Waals surface area contributed by atoms with Crippen molar-refractivity contribution in [2.24, 2.45) is 17.8 Å². The average molecular weight is 300 g/mol. The lowest BCUT2D eigenvalue weighted by atomic mass is 9.93. The number of hydrogen-bond acceptors (Lipinski definition) is 3. The Labute approximate surface area is 131 Å². The van der Waals surface area contributed by atoms with E-state index in [-0.39, 0.29) is 5.91 Å². The Morgan fingerprint density at radius 1 is 1.14 bits per heavy atom. The zero-order chi connectivity index (χ0) is 14.9. The standard InChI is InChI=1S/C17H24N4O/c22-17(12-20-4-3-18-13-20)21-7-5-19(6-8-21)11-16-10-14-1-2-15(16)9-14/h1-4,13-16H,5-12H2/t14-,15+,16?/m0/s1. The summed E-state index contributed by atoms with van der Waals surface area (Å²) in [6, 6.07) is 0. The maximum atomic E-state index is 12.3. The number of carbonyl (C=O) groups excluding carboxylic acids is 1. The third-order valence-electron chi connectivity index (χ3n) is 5.51. The molecule has 4 rings (SSSR count). The first-order valence-electron chi connectivity index (χ1n) is 8.42. The quantitative estimate of drug-likeness (QED) is 0.786. The van der Waals surface area contributed by atoms with Crippen molar-refractivity contribution in [3.05, 3.63) is 30.9 Å². The molecule has 0 radical (unpaired) electrons. The van der Waals surface area contributed by atoms with Gasteiger partial charge in [0.25, 0.3) is 0 Å². The van der Waals surface area contributed by atoms with Crippen LogP contribution in [0.3, 0.4) is 0 Å². The van der Waals surface area contributed by atoms with Crippen LogP contribution < -0.4 is 0 Å². The number of nitrogens with zero attached hydrogens (tertiary/aromatic N) is 4. The first kappa shape index (κ1) is 14.0. The monoisotopic (exact) mass is 300 g/mol. The lowest BCUT2D eigenvalue weighted by Gasteiger charge is -2.37. The van der Waals surface area contributed by atoms with Gasteiger partial charge in [0.2, 0.25) is 5.91 Å². The van der Waals surface area contributed by atoms with Crippen LogP contribution in [0.25, 0.3) is 0 Å². The van der Waals surface area contributed by atoms with Crippen LogP contribution in [0.4, 0.5) is 0 Å². The highest BCUT2D eigenvalue weighted by atomic mass is 16.2. The van der Waals surface area contributed by atoms with Crippen LogP contribution in [0.1, 0.15) is 12.8 Å². The van der Waals surface area contributed by atoms with Crippen LogP contribution in [-0.2, 0) is 11.3 Å². The normalized spacial score (nSPS) is 31.1. The summed E-state index contributed by atoms with van der Waals surface area (Å²) in [4.78, 5) is 20.8. The highest BCUT2D eigenvalue weighted by molar-refractivity contribution is 5.76. The minimum absolute atomic E-state index is 0.209. The van der Waals surface area contributed by atoms with E-state index in [1.54, 1.807) is 12.5 Å². The number of carbonyl (C=O) groups is 1. The fourth-order valence-corrected chi connectivity index (χ4v) is 4.25. The number of rotatable bonds is 4.